The first-order valence-corrected chi connectivity index (χ1v) is 10.9. The van der Waals surface area contributed by atoms with Crippen LogP contribution in [0.5, 0.6) is 0 Å². The lowest BCUT2D eigenvalue weighted by molar-refractivity contribution is -0.152. The standard InChI is InChI=1S/C22H30FN5O3/c1-3-5-6-7-8-9-10-11-17(29)30-14-22(4-2)13-12-16(31-22)28-15-25-18-19(24)26-21(23)27-20(18)28/h2,15-16H,3,5-14H2,1H3,(H2,24,26,27). The van der Waals surface area contributed by atoms with E-state index in [1.807, 2.05) is 0 Å². The Morgan fingerprint density at radius 1 is 1.35 bits per heavy atom. The molecule has 0 spiro atoms. The Labute approximate surface area is 181 Å². The minimum atomic E-state index is -1.03. The highest BCUT2D eigenvalue weighted by atomic mass is 19.1. The molecule has 2 aromatic heterocycles. The van der Waals surface area contributed by atoms with E-state index in [1.165, 1.54) is 32.0 Å². The van der Waals surface area contributed by atoms with Crippen LogP contribution in [0.2, 0.25) is 0 Å². The topological polar surface area (TPSA) is 105 Å². The summed E-state index contributed by atoms with van der Waals surface area (Å²) in [6.45, 7) is 2.17. The van der Waals surface area contributed by atoms with Crippen molar-refractivity contribution in [3.8, 4) is 12.3 Å². The summed E-state index contributed by atoms with van der Waals surface area (Å²) >= 11 is 0. The number of ether oxygens (including phenoxy) is 2. The summed E-state index contributed by atoms with van der Waals surface area (Å²) in [4.78, 5) is 23.5. The number of terminal acetylenes is 1. The van der Waals surface area contributed by atoms with Gasteiger partial charge >= 0.3 is 12.0 Å². The van der Waals surface area contributed by atoms with E-state index in [-0.39, 0.29) is 24.0 Å². The SMILES string of the molecule is C#CC1(COC(=O)CCCCCCCCC)CCC(n2cnc3c(N)nc(F)nc32)O1. The molecule has 0 amide bonds. The van der Waals surface area contributed by atoms with Crippen molar-refractivity contribution in [3.63, 3.8) is 0 Å². The van der Waals surface area contributed by atoms with Crippen LogP contribution >= 0.6 is 0 Å². The third-order valence-corrected chi connectivity index (χ3v) is 5.60. The van der Waals surface area contributed by atoms with Gasteiger partial charge in [-0.25, -0.2) is 4.98 Å². The molecule has 1 aliphatic rings. The number of imidazole rings is 1. The van der Waals surface area contributed by atoms with E-state index in [9.17, 15) is 9.18 Å². The lowest BCUT2D eigenvalue weighted by Gasteiger charge is -2.23. The molecule has 3 heterocycles. The number of carbonyl (C=O) groups is 1. The predicted octanol–water partition coefficient (Wildman–Crippen LogP) is 3.91. The van der Waals surface area contributed by atoms with Gasteiger partial charge in [0.15, 0.2) is 22.6 Å². The van der Waals surface area contributed by atoms with Gasteiger partial charge in [-0.1, -0.05) is 51.4 Å². The number of hydrogen-bond acceptors (Lipinski definition) is 7. The Hall–Kier alpha value is -2.73. The number of carbonyl (C=O) groups excluding carboxylic acids is 1. The summed E-state index contributed by atoms with van der Waals surface area (Å²) in [5, 5.41) is 0. The second kappa shape index (κ2) is 10.5. The van der Waals surface area contributed by atoms with Gasteiger partial charge in [0, 0.05) is 6.42 Å². The first kappa shape index (κ1) is 22.9. The van der Waals surface area contributed by atoms with Crippen LogP contribution in [0.1, 0.15) is 77.4 Å². The van der Waals surface area contributed by atoms with E-state index in [0.29, 0.717) is 24.8 Å². The Kier molecular flexibility index (Phi) is 7.80. The van der Waals surface area contributed by atoms with Crippen molar-refractivity contribution >= 4 is 23.0 Å². The van der Waals surface area contributed by atoms with E-state index in [2.05, 4.69) is 27.8 Å². The molecule has 31 heavy (non-hydrogen) atoms. The maximum atomic E-state index is 13.6. The summed E-state index contributed by atoms with van der Waals surface area (Å²) in [6, 6.07) is 0. The third-order valence-electron chi connectivity index (χ3n) is 5.60. The summed E-state index contributed by atoms with van der Waals surface area (Å²) in [5.41, 5.74) is 5.21. The van der Waals surface area contributed by atoms with Crippen molar-refractivity contribution in [2.45, 2.75) is 83.0 Å². The Balaban J connectivity index is 1.50. The third kappa shape index (κ3) is 5.70. The predicted molar refractivity (Wildman–Crippen MR) is 114 cm³/mol. The molecule has 0 saturated carbocycles. The smallest absolute Gasteiger partial charge is 0.312 e. The van der Waals surface area contributed by atoms with Crippen molar-refractivity contribution < 1.29 is 18.7 Å². The van der Waals surface area contributed by atoms with E-state index in [4.69, 9.17) is 21.6 Å². The second-order valence-electron chi connectivity index (χ2n) is 7.98. The van der Waals surface area contributed by atoms with Crippen LogP contribution in [0.15, 0.2) is 6.33 Å². The van der Waals surface area contributed by atoms with Gasteiger partial charge in [-0.15, -0.1) is 6.42 Å². The van der Waals surface area contributed by atoms with E-state index < -0.39 is 17.9 Å². The molecule has 0 aromatic carbocycles. The number of aromatic nitrogens is 4. The number of nitrogens with two attached hydrogens (primary N) is 1. The maximum Gasteiger partial charge on any atom is 0.312 e. The number of rotatable bonds is 11. The highest BCUT2D eigenvalue weighted by Gasteiger charge is 2.41. The minimum Gasteiger partial charge on any atom is -0.462 e. The fraction of sp³-hybridized carbons (Fsp3) is 0.636. The maximum absolute atomic E-state index is 13.6. The number of hydrogen-bond donors (Lipinski definition) is 1. The van der Waals surface area contributed by atoms with Crippen LogP contribution in [-0.2, 0) is 14.3 Å². The highest BCUT2D eigenvalue weighted by Crippen LogP contribution is 2.38. The highest BCUT2D eigenvalue weighted by molar-refractivity contribution is 5.81. The van der Waals surface area contributed by atoms with Gasteiger partial charge < -0.3 is 15.2 Å². The van der Waals surface area contributed by atoms with Crippen molar-refractivity contribution in [3.05, 3.63) is 12.4 Å². The van der Waals surface area contributed by atoms with Crippen molar-refractivity contribution in [1.82, 2.24) is 19.5 Å². The van der Waals surface area contributed by atoms with Gasteiger partial charge in [-0.3, -0.25) is 9.36 Å². The molecule has 1 saturated heterocycles. The molecule has 3 rings (SSSR count). The van der Waals surface area contributed by atoms with Gasteiger partial charge in [0.25, 0.3) is 0 Å². The average Bonchev–Trinajstić information content (AvgIpc) is 3.36. The van der Waals surface area contributed by atoms with Crippen molar-refractivity contribution in [2.75, 3.05) is 12.3 Å². The molecule has 0 aliphatic carbocycles. The molecular weight excluding hydrogens is 401 g/mol. The van der Waals surface area contributed by atoms with E-state index >= 15 is 0 Å². The molecule has 2 aromatic rings. The zero-order valence-corrected chi connectivity index (χ0v) is 18.0. The minimum absolute atomic E-state index is 0.0204. The van der Waals surface area contributed by atoms with Crippen molar-refractivity contribution in [2.24, 2.45) is 0 Å². The molecular formula is C22H30FN5O3. The van der Waals surface area contributed by atoms with Gasteiger partial charge in [0.05, 0.1) is 6.33 Å². The summed E-state index contributed by atoms with van der Waals surface area (Å²) in [6.07, 6.45) is 15.1. The number of anilines is 1. The Bertz CT molecular complexity index is 941. The van der Waals surface area contributed by atoms with E-state index in [1.54, 1.807) is 4.57 Å². The number of unbranched alkanes of at least 4 members (excludes halogenated alkanes) is 6. The monoisotopic (exact) mass is 431 g/mol. The largest absolute Gasteiger partial charge is 0.462 e. The molecule has 2 unspecified atom stereocenters. The molecule has 9 heteroatoms. The Morgan fingerprint density at radius 2 is 2.10 bits per heavy atom. The number of halogens is 1. The summed E-state index contributed by atoms with van der Waals surface area (Å²) in [7, 11) is 0. The van der Waals surface area contributed by atoms with Crippen LogP contribution in [0.3, 0.4) is 0 Å². The van der Waals surface area contributed by atoms with Gasteiger partial charge in [0.1, 0.15) is 12.8 Å². The van der Waals surface area contributed by atoms with Gasteiger partial charge in [-0.2, -0.15) is 14.4 Å². The van der Waals surface area contributed by atoms with Crippen molar-refractivity contribution in [1.29, 1.82) is 0 Å². The van der Waals surface area contributed by atoms with E-state index in [0.717, 1.165) is 19.3 Å². The van der Waals surface area contributed by atoms with Crippen LogP contribution in [0, 0.1) is 18.4 Å². The number of fused-ring (bicyclic) bond motifs is 1. The quantitative estimate of drug-likeness (QED) is 0.249. The molecule has 1 aliphatic heterocycles. The number of nitrogens with zero attached hydrogens (tertiary/aromatic N) is 4. The van der Waals surface area contributed by atoms with Crippen LogP contribution < -0.4 is 5.73 Å². The van der Waals surface area contributed by atoms with Crippen LogP contribution in [0.4, 0.5) is 10.2 Å². The second-order valence-corrected chi connectivity index (χ2v) is 7.98. The average molecular weight is 432 g/mol. The fourth-order valence-electron chi connectivity index (χ4n) is 3.80. The van der Waals surface area contributed by atoms with Crippen LogP contribution in [0.25, 0.3) is 11.2 Å². The molecule has 168 valence electrons. The lowest BCUT2D eigenvalue weighted by Crippen LogP contribution is -2.34. The molecule has 8 nitrogen and oxygen atoms in total. The zero-order chi connectivity index (χ0) is 22.3. The molecule has 2 atom stereocenters. The lowest BCUT2D eigenvalue weighted by atomic mass is 10.0. The molecule has 2 N–H and O–H groups in total. The fourth-order valence-corrected chi connectivity index (χ4v) is 3.80. The molecule has 1 fully saturated rings. The normalized spacial score (nSPS) is 20.7. The van der Waals surface area contributed by atoms with Gasteiger partial charge in [-0.05, 0) is 19.3 Å². The summed E-state index contributed by atoms with van der Waals surface area (Å²) in [5.74, 6) is 2.31. The van der Waals surface area contributed by atoms with Crippen LogP contribution in [-0.4, -0.2) is 37.7 Å². The summed E-state index contributed by atoms with van der Waals surface area (Å²) < 4.78 is 26.6. The number of esters is 1. The number of nitrogen functional groups attached to an aromatic ring is 1. The molecule has 0 radical (unpaired) electrons. The zero-order valence-electron chi connectivity index (χ0n) is 18.0. The Morgan fingerprint density at radius 3 is 2.84 bits per heavy atom. The van der Waals surface area contributed by atoms with Gasteiger partial charge in [0.2, 0.25) is 0 Å². The first-order chi connectivity index (χ1) is 15.0. The first-order valence-electron chi connectivity index (χ1n) is 10.9. The molecule has 0 bridgehead atoms.